The molecule has 3 nitrogen and oxygen atoms in total. The van der Waals surface area contributed by atoms with E-state index in [1.54, 1.807) is 6.07 Å². The molecule has 1 aliphatic carbocycles. The Labute approximate surface area is 115 Å². The Morgan fingerprint density at radius 1 is 1.42 bits per heavy atom. The zero-order chi connectivity index (χ0) is 13.8. The first kappa shape index (κ1) is 13.1. The van der Waals surface area contributed by atoms with E-state index in [1.165, 1.54) is 6.20 Å². The lowest BCUT2D eigenvalue weighted by Gasteiger charge is -2.43. The van der Waals surface area contributed by atoms with Crippen LogP contribution < -0.4 is 0 Å². The van der Waals surface area contributed by atoms with Crippen molar-refractivity contribution in [3.05, 3.63) is 22.4 Å². The van der Waals surface area contributed by atoms with E-state index in [1.807, 2.05) is 0 Å². The fourth-order valence-electron chi connectivity index (χ4n) is 2.23. The van der Waals surface area contributed by atoms with Crippen LogP contribution in [0.25, 0.3) is 10.2 Å². The molecule has 0 aliphatic heterocycles. The van der Waals surface area contributed by atoms with Gasteiger partial charge in [-0.3, -0.25) is 0 Å². The molecule has 19 heavy (non-hydrogen) atoms. The minimum atomic E-state index is -4.24. The van der Waals surface area contributed by atoms with Crippen molar-refractivity contribution in [2.24, 2.45) is 5.92 Å². The van der Waals surface area contributed by atoms with Crippen LogP contribution >= 0.6 is 22.9 Å². The SMILES string of the molecule is OC1(c2cc3cnc(Cl)nc3s2)CC(C(F)(F)F)C1. The Hall–Kier alpha value is -0.920. The molecular formula is C11H8ClF3N2OS. The molecule has 2 aromatic rings. The van der Waals surface area contributed by atoms with Gasteiger partial charge in [-0.15, -0.1) is 11.3 Å². The highest BCUT2D eigenvalue weighted by molar-refractivity contribution is 7.18. The smallest absolute Gasteiger partial charge is 0.384 e. The van der Waals surface area contributed by atoms with E-state index in [0.717, 1.165) is 11.3 Å². The Morgan fingerprint density at radius 3 is 2.74 bits per heavy atom. The van der Waals surface area contributed by atoms with Gasteiger partial charge in [-0.1, -0.05) is 0 Å². The van der Waals surface area contributed by atoms with E-state index in [4.69, 9.17) is 11.6 Å². The van der Waals surface area contributed by atoms with Crippen molar-refractivity contribution >= 4 is 33.2 Å². The molecule has 1 fully saturated rings. The average molecular weight is 309 g/mol. The average Bonchev–Trinajstić information content (AvgIpc) is 2.66. The number of rotatable bonds is 1. The summed E-state index contributed by atoms with van der Waals surface area (Å²) in [6, 6.07) is 1.63. The second-order valence-corrected chi connectivity index (χ2v) is 6.06. The molecule has 0 bridgehead atoms. The fraction of sp³-hybridized carbons (Fsp3) is 0.455. The monoisotopic (exact) mass is 308 g/mol. The van der Waals surface area contributed by atoms with Crippen LogP contribution in [0, 0.1) is 5.92 Å². The molecule has 0 spiro atoms. The zero-order valence-corrected chi connectivity index (χ0v) is 11.0. The Morgan fingerprint density at radius 2 is 2.11 bits per heavy atom. The van der Waals surface area contributed by atoms with Crippen LogP contribution in [0.3, 0.4) is 0 Å². The molecule has 0 radical (unpaired) electrons. The van der Waals surface area contributed by atoms with Gasteiger partial charge >= 0.3 is 6.18 Å². The highest BCUT2D eigenvalue weighted by Crippen LogP contribution is 2.54. The number of alkyl halides is 3. The molecule has 1 aliphatic rings. The van der Waals surface area contributed by atoms with Gasteiger partial charge in [-0.25, -0.2) is 9.97 Å². The van der Waals surface area contributed by atoms with Crippen LogP contribution in [0.2, 0.25) is 5.28 Å². The summed E-state index contributed by atoms with van der Waals surface area (Å²) in [4.78, 5) is 8.83. The molecule has 3 rings (SSSR count). The molecular weight excluding hydrogens is 301 g/mol. The number of aromatic nitrogens is 2. The Balaban J connectivity index is 1.89. The maximum atomic E-state index is 12.5. The second kappa shape index (κ2) is 4.04. The van der Waals surface area contributed by atoms with Crippen LogP contribution in [0.15, 0.2) is 12.3 Å². The maximum absolute atomic E-state index is 12.5. The molecule has 0 unspecified atom stereocenters. The third-order valence-electron chi connectivity index (χ3n) is 3.33. The lowest BCUT2D eigenvalue weighted by Crippen LogP contribution is -2.46. The number of aliphatic hydroxyl groups is 1. The normalized spacial score (nSPS) is 27.5. The van der Waals surface area contributed by atoms with Crippen LogP contribution in [0.4, 0.5) is 13.2 Å². The molecule has 0 amide bonds. The lowest BCUT2D eigenvalue weighted by molar-refractivity contribution is -0.241. The summed E-state index contributed by atoms with van der Waals surface area (Å²) >= 11 is 6.80. The number of hydrogen-bond acceptors (Lipinski definition) is 4. The molecule has 8 heteroatoms. The second-order valence-electron chi connectivity index (χ2n) is 4.69. The fourth-order valence-corrected chi connectivity index (χ4v) is 3.52. The van der Waals surface area contributed by atoms with Crippen molar-refractivity contribution in [1.82, 2.24) is 9.97 Å². The summed E-state index contributed by atoms with van der Waals surface area (Å²) in [7, 11) is 0. The van der Waals surface area contributed by atoms with Crippen molar-refractivity contribution in [3.63, 3.8) is 0 Å². The van der Waals surface area contributed by atoms with Gasteiger partial charge in [-0.2, -0.15) is 13.2 Å². The summed E-state index contributed by atoms with van der Waals surface area (Å²) in [5, 5.41) is 11.0. The molecule has 0 atom stereocenters. The highest BCUT2D eigenvalue weighted by Gasteiger charge is 2.56. The van der Waals surface area contributed by atoms with Crippen molar-refractivity contribution in [2.75, 3.05) is 0 Å². The van der Waals surface area contributed by atoms with Gasteiger partial charge in [0.2, 0.25) is 5.28 Å². The van der Waals surface area contributed by atoms with E-state index in [9.17, 15) is 18.3 Å². The van der Waals surface area contributed by atoms with E-state index in [-0.39, 0.29) is 18.1 Å². The van der Waals surface area contributed by atoms with Crippen LogP contribution in [-0.2, 0) is 5.60 Å². The number of fused-ring (bicyclic) bond motifs is 1. The highest BCUT2D eigenvalue weighted by atomic mass is 35.5. The summed E-state index contributed by atoms with van der Waals surface area (Å²) in [5.41, 5.74) is -1.40. The first-order chi connectivity index (χ1) is 8.78. The molecule has 1 saturated carbocycles. The van der Waals surface area contributed by atoms with Gasteiger partial charge in [0.1, 0.15) is 10.4 Å². The van der Waals surface area contributed by atoms with E-state index in [2.05, 4.69) is 9.97 Å². The van der Waals surface area contributed by atoms with Crippen LogP contribution in [0.1, 0.15) is 17.7 Å². The molecule has 0 aromatic carbocycles. The van der Waals surface area contributed by atoms with Gasteiger partial charge in [-0.05, 0) is 30.5 Å². The van der Waals surface area contributed by atoms with Gasteiger partial charge < -0.3 is 5.11 Å². The number of hydrogen-bond donors (Lipinski definition) is 1. The van der Waals surface area contributed by atoms with Gasteiger partial charge in [0.05, 0.1) is 5.92 Å². The largest absolute Gasteiger partial charge is 0.392 e. The van der Waals surface area contributed by atoms with E-state index < -0.39 is 17.7 Å². The first-order valence-corrected chi connectivity index (χ1v) is 6.69. The summed E-state index contributed by atoms with van der Waals surface area (Å²) in [6.07, 6.45) is -3.35. The summed E-state index contributed by atoms with van der Waals surface area (Å²) in [6.45, 7) is 0. The lowest BCUT2D eigenvalue weighted by atomic mass is 9.70. The maximum Gasteiger partial charge on any atom is 0.392 e. The van der Waals surface area contributed by atoms with Crippen LogP contribution in [-0.4, -0.2) is 21.3 Å². The van der Waals surface area contributed by atoms with E-state index >= 15 is 0 Å². The van der Waals surface area contributed by atoms with Gasteiger partial charge in [0.25, 0.3) is 0 Å². The molecule has 2 heterocycles. The van der Waals surface area contributed by atoms with Crippen molar-refractivity contribution < 1.29 is 18.3 Å². The van der Waals surface area contributed by atoms with Crippen molar-refractivity contribution in [2.45, 2.75) is 24.6 Å². The minimum Gasteiger partial charge on any atom is -0.384 e. The summed E-state index contributed by atoms with van der Waals surface area (Å²) < 4.78 is 37.4. The number of halogens is 4. The standard InChI is InChI=1S/C11H8ClF3N2OS/c12-9-16-4-5-1-7(19-8(5)17-9)10(18)2-6(3-10)11(13,14)15/h1,4,6,18H,2-3H2. The Kier molecular flexibility index (Phi) is 2.78. The molecule has 2 aromatic heterocycles. The van der Waals surface area contributed by atoms with Crippen molar-refractivity contribution in [3.8, 4) is 0 Å². The number of nitrogens with zero attached hydrogens (tertiary/aromatic N) is 2. The van der Waals surface area contributed by atoms with Gasteiger partial charge in [0.15, 0.2) is 0 Å². The third-order valence-corrected chi connectivity index (χ3v) is 4.75. The Bertz CT molecular complexity index is 636. The zero-order valence-electron chi connectivity index (χ0n) is 9.41. The summed E-state index contributed by atoms with van der Waals surface area (Å²) in [5.74, 6) is -1.43. The van der Waals surface area contributed by atoms with Gasteiger partial charge in [0, 0.05) is 16.5 Å². The quantitative estimate of drug-likeness (QED) is 0.820. The minimum absolute atomic E-state index is 0.0784. The van der Waals surface area contributed by atoms with E-state index in [0.29, 0.717) is 15.1 Å². The third kappa shape index (κ3) is 2.19. The molecule has 0 saturated heterocycles. The predicted molar refractivity (Wildman–Crippen MR) is 65.1 cm³/mol. The number of thiophene rings is 1. The first-order valence-electron chi connectivity index (χ1n) is 5.50. The topological polar surface area (TPSA) is 46.0 Å². The molecule has 1 N–H and O–H groups in total. The predicted octanol–water partition coefficient (Wildman–Crippen LogP) is 3.50. The van der Waals surface area contributed by atoms with Crippen LogP contribution in [0.5, 0.6) is 0 Å². The molecule has 102 valence electrons. The van der Waals surface area contributed by atoms with Crippen molar-refractivity contribution in [1.29, 1.82) is 0 Å².